The van der Waals surface area contributed by atoms with Gasteiger partial charge in [-0.3, -0.25) is 4.90 Å². The summed E-state index contributed by atoms with van der Waals surface area (Å²) in [6.45, 7) is 11.3. The lowest BCUT2D eigenvalue weighted by atomic mass is 10.0. The highest BCUT2D eigenvalue weighted by atomic mass is 35.5. The highest BCUT2D eigenvalue weighted by Gasteiger charge is 2.21. The smallest absolute Gasteiger partial charge is 0.414 e. The Morgan fingerprint density at radius 1 is 1.05 bits per heavy atom. The Morgan fingerprint density at radius 2 is 1.84 bits per heavy atom. The maximum Gasteiger partial charge on any atom is 0.414 e. The number of anilines is 1. The Kier molecular flexibility index (Phi) is 9.22. The number of hydrogen-bond donors (Lipinski definition) is 1. The third-order valence-electron chi connectivity index (χ3n) is 6.38. The van der Waals surface area contributed by atoms with Crippen LogP contribution in [0, 0.1) is 0 Å². The molecule has 2 aromatic carbocycles. The Bertz CT molecular complexity index is 1120. The number of ether oxygens (including phenoxy) is 2. The molecule has 0 aliphatic carbocycles. The highest BCUT2D eigenvalue weighted by Crippen LogP contribution is 2.33. The van der Waals surface area contributed by atoms with E-state index in [9.17, 15) is 4.79 Å². The van der Waals surface area contributed by atoms with Gasteiger partial charge in [-0.15, -0.1) is 0 Å². The number of halogens is 2. The number of carbonyl (C=O) groups excluding carboxylic acids is 1. The number of aryl methyl sites for hydroxylation is 1. The summed E-state index contributed by atoms with van der Waals surface area (Å²) in [5, 5.41) is 4.03. The van der Waals surface area contributed by atoms with Crippen molar-refractivity contribution in [2.24, 2.45) is 4.99 Å². The van der Waals surface area contributed by atoms with Crippen molar-refractivity contribution >= 4 is 46.6 Å². The van der Waals surface area contributed by atoms with E-state index in [0.717, 1.165) is 74.7 Å². The van der Waals surface area contributed by atoms with Gasteiger partial charge in [0.1, 0.15) is 5.75 Å². The number of aliphatic imine (C=N–C) groups is 1. The van der Waals surface area contributed by atoms with E-state index >= 15 is 0 Å². The Balaban J connectivity index is 1.18. The minimum Gasteiger partial charge on any atom is -0.494 e. The predicted molar refractivity (Wildman–Crippen MR) is 151 cm³/mol. The van der Waals surface area contributed by atoms with Gasteiger partial charge in [0, 0.05) is 44.2 Å². The average molecular weight is 548 g/mol. The van der Waals surface area contributed by atoms with Crippen LogP contribution in [0.4, 0.5) is 16.2 Å². The molecule has 2 aliphatic rings. The number of rotatable bonds is 7. The van der Waals surface area contributed by atoms with E-state index in [0.29, 0.717) is 29.0 Å². The van der Waals surface area contributed by atoms with Gasteiger partial charge >= 0.3 is 6.09 Å². The fourth-order valence-corrected chi connectivity index (χ4v) is 4.88. The summed E-state index contributed by atoms with van der Waals surface area (Å²) in [4.78, 5) is 21.4. The van der Waals surface area contributed by atoms with E-state index in [2.05, 4.69) is 20.1 Å². The van der Waals surface area contributed by atoms with Crippen molar-refractivity contribution in [1.29, 1.82) is 0 Å². The molecule has 0 aromatic heterocycles. The summed E-state index contributed by atoms with van der Waals surface area (Å²) < 4.78 is 11.4. The van der Waals surface area contributed by atoms with Crippen molar-refractivity contribution in [3.05, 3.63) is 52.0 Å². The van der Waals surface area contributed by atoms with Gasteiger partial charge < -0.3 is 19.7 Å². The molecule has 1 saturated heterocycles. The predicted octanol–water partition coefficient (Wildman–Crippen LogP) is 6.48. The molecular weight excluding hydrogens is 511 g/mol. The first-order valence-electron chi connectivity index (χ1n) is 12.9. The van der Waals surface area contributed by atoms with Crippen molar-refractivity contribution in [3.63, 3.8) is 0 Å². The topological polar surface area (TPSA) is 66.4 Å². The highest BCUT2D eigenvalue weighted by molar-refractivity contribution is 6.43. The molecule has 0 saturated carbocycles. The van der Waals surface area contributed by atoms with Gasteiger partial charge in [-0.1, -0.05) is 35.3 Å². The summed E-state index contributed by atoms with van der Waals surface area (Å²) in [5.74, 6) is 1.22. The van der Waals surface area contributed by atoms with Crippen LogP contribution in [0.25, 0.3) is 0 Å². The lowest BCUT2D eigenvalue weighted by molar-refractivity contribution is 0.186. The first-order chi connectivity index (χ1) is 17.7. The van der Waals surface area contributed by atoms with E-state index in [1.807, 2.05) is 57.2 Å². The standard InChI is InChI=1S/C28H36Cl2N4O3/c1-28(2,3)32-27(35)37-25-12-10-20-9-11-21(19-23(20)31-25)36-18-5-4-13-33-14-16-34(17-15-33)24-8-6-7-22(29)26(24)30/h6-9,11,19H,4-5,10,12-18H2,1-3H3,(H,32,35). The summed E-state index contributed by atoms with van der Waals surface area (Å²) >= 11 is 12.6. The maximum atomic E-state index is 12.1. The second kappa shape index (κ2) is 12.4. The third kappa shape index (κ3) is 8.00. The minimum absolute atomic E-state index is 0.356. The number of unbranched alkanes of at least 4 members (excludes halogenated alkanes) is 1. The SMILES string of the molecule is CC(C)(C)NC(=O)OC1=Nc2cc(OCCCCN3CCN(c4cccc(Cl)c4Cl)CC3)ccc2CC1. The zero-order valence-electron chi connectivity index (χ0n) is 21.9. The summed E-state index contributed by atoms with van der Waals surface area (Å²) in [6, 6.07) is 11.8. The zero-order chi connectivity index (χ0) is 26.4. The number of alkyl carbamates (subject to hydrolysis) is 1. The Morgan fingerprint density at radius 3 is 2.59 bits per heavy atom. The first-order valence-corrected chi connectivity index (χ1v) is 13.7. The van der Waals surface area contributed by atoms with Crippen molar-refractivity contribution in [3.8, 4) is 5.75 Å². The number of carbonyl (C=O) groups is 1. The van der Waals surface area contributed by atoms with Gasteiger partial charge in [-0.05, 0) is 70.3 Å². The van der Waals surface area contributed by atoms with E-state index in [1.54, 1.807) is 0 Å². The van der Waals surface area contributed by atoms with Crippen LogP contribution in [-0.2, 0) is 11.2 Å². The van der Waals surface area contributed by atoms with Gasteiger partial charge in [0.15, 0.2) is 0 Å². The van der Waals surface area contributed by atoms with Gasteiger partial charge in [-0.25, -0.2) is 9.79 Å². The molecule has 2 aliphatic heterocycles. The van der Waals surface area contributed by atoms with Gasteiger partial charge in [0.2, 0.25) is 5.90 Å². The van der Waals surface area contributed by atoms with E-state index < -0.39 is 6.09 Å². The summed E-state index contributed by atoms with van der Waals surface area (Å²) in [6.07, 6.45) is 2.96. The lowest BCUT2D eigenvalue weighted by Gasteiger charge is -2.36. The molecule has 37 heavy (non-hydrogen) atoms. The maximum absolute atomic E-state index is 12.1. The van der Waals surface area contributed by atoms with E-state index in [1.165, 1.54) is 0 Å². The molecule has 0 atom stereocenters. The fraction of sp³-hybridized carbons (Fsp3) is 0.500. The molecule has 9 heteroatoms. The van der Waals surface area contributed by atoms with Gasteiger partial charge in [0.25, 0.3) is 0 Å². The van der Waals surface area contributed by atoms with Crippen molar-refractivity contribution < 1.29 is 14.3 Å². The van der Waals surface area contributed by atoms with Crippen LogP contribution in [0.5, 0.6) is 5.75 Å². The van der Waals surface area contributed by atoms with Gasteiger partial charge in [-0.2, -0.15) is 0 Å². The van der Waals surface area contributed by atoms with E-state index in [-0.39, 0.29) is 5.54 Å². The molecule has 1 fully saturated rings. The lowest BCUT2D eigenvalue weighted by Crippen LogP contribution is -2.46. The van der Waals surface area contributed by atoms with E-state index in [4.69, 9.17) is 32.7 Å². The quantitative estimate of drug-likeness (QED) is 0.402. The number of nitrogens with one attached hydrogen (secondary N) is 1. The number of benzene rings is 2. The van der Waals surface area contributed by atoms with Crippen LogP contribution < -0.4 is 15.0 Å². The van der Waals surface area contributed by atoms with Crippen LogP contribution in [0.2, 0.25) is 10.0 Å². The normalized spacial score (nSPS) is 16.1. The monoisotopic (exact) mass is 546 g/mol. The van der Waals surface area contributed by atoms with Crippen molar-refractivity contribution in [1.82, 2.24) is 10.2 Å². The van der Waals surface area contributed by atoms with Gasteiger partial charge in [0.05, 0.1) is 28.0 Å². The molecule has 1 N–H and O–H groups in total. The number of hydrogen-bond acceptors (Lipinski definition) is 6. The largest absolute Gasteiger partial charge is 0.494 e. The molecule has 0 bridgehead atoms. The molecule has 0 radical (unpaired) electrons. The third-order valence-corrected chi connectivity index (χ3v) is 7.19. The van der Waals surface area contributed by atoms with Crippen LogP contribution >= 0.6 is 23.2 Å². The minimum atomic E-state index is -0.475. The fourth-order valence-electron chi connectivity index (χ4n) is 4.47. The molecule has 7 nitrogen and oxygen atoms in total. The Labute approximate surface area is 229 Å². The average Bonchev–Trinajstić information content (AvgIpc) is 2.84. The number of fused-ring (bicyclic) bond motifs is 1. The zero-order valence-corrected chi connectivity index (χ0v) is 23.4. The molecule has 2 aromatic rings. The van der Waals surface area contributed by atoms with Crippen LogP contribution in [-0.4, -0.2) is 61.8 Å². The number of amides is 1. The molecule has 2 heterocycles. The van der Waals surface area contributed by atoms with Crippen molar-refractivity contribution in [2.75, 3.05) is 44.2 Å². The first kappa shape index (κ1) is 27.6. The summed E-state index contributed by atoms with van der Waals surface area (Å²) in [5.41, 5.74) is 2.60. The molecule has 1 amide bonds. The molecule has 0 spiro atoms. The molecule has 4 rings (SSSR count). The molecule has 200 valence electrons. The summed E-state index contributed by atoms with van der Waals surface area (Å²) in [7, 11) is 0. The number of nitrogens with zero attached hydrogens (tertiary/aromatic N) is 3. The second-order valence-corrected chi connectivity index (χ2v) is 11.3. The van der Waals surface area contributed by atoms with Crippen LogP contribution in [0.3, 0.4) is 0 Å². The Hall–Kier alpha value is -2.48. The van der Waals surface area contributed by atoms with Crippen molar-refractivity contribution in [2.45, 2.75) is 52.0 Å². The second-order valence-electron chi connectivity index (χ2n) is 10.5. The van der Waals surface area contributed by atoms with Crippen LogP contribution in [0.15, 0.2) is 41.4 Å². The molecular formula is C28H36Cl2N4O3. The molecule has 0 unspecified atom stereocenters. The van der Waals surface area contributed by atoms with Crippen LogP contribution in [0.1, 0.15) is 45.6 Å². The number of piperazine rings is 1.